The highest BCUT2D eigenvalue weighted by Gasteiger charge is 2.44. The van der Waals surface area contributed by atoms with E-state index in [2.05, 4.69) is 30.3 Å². The Bertz CT molecular complexity index is 880. The highest BCUT2D eigenvalue weighted by atomic mass is 16.5. The molecule has 0 spiro atoms. The SMILES string of the molecule is COc1cccc(-c2cccc(C3(C4CCOCC4)N=C(C)C(N)=N3)c2)c1. The van der Waals surface area contributed by atoms with Crippen LogP contribution in [-0.4, -0.2) is 31.9 Å². The van der Waals surface area contributed by atoms with Crippen molar-refractivity contribution < 1.29 is 9.47 Å². The molecule has 140 valence electrons. The average molecular weight is 363 g/mol. The number of rotatable bonds is 4. The van der Waals surface area contributed by atoms with Crippen molar-refractivity contribution in [3.8, 4) is 16.9 Å². The van der Waals surface area contributed by atoms with Crippen molar-refractivity contribution in [1.82, 2.24) is 0 Å². The van der Waals surface area contributed by atoms with E-state index in [4.69, 9.17) is 25.2 Å². The number of amidine groups is 1. The van der Waals surface area contributed by atoms with Crippen LogP contribution in [0.4, 0.5) is 0 Å². The highest BCUT2D eigenvalue weighted by molar-refractivity contribution is 6.41. The van der Waals surface area contributed by atoms with Crippen molar-refractivity contribution in [2.75, 3.05) is 20.3 Å². The number of hydrogen-bond acceptors (Lipinski definition) is 5. The third-order valence-electron chi connectivity index (χ3n) is 5.48. The molecule has 0 amide bonds. The molecular weight excluding hydrogens is 338 g/mol. The molecule has 0 bridgehead atoms. The zero-order valence-electron chi connectivity index (χ0n) is 15.8. The van der Waals surface area contributed by atoms with Crippen LogP contribution in [0.15, 0.2) is 58.5 Å². The second kappa shape index (κ2) is 7.16. The summed E-state index contributed by atoms with van der Waals surface area (Å²) in [5.74, 6) is 1.66. The maximum Gasteiger partial charge on any atom is 0.181 e. The first-order valence-electron chi connectivity index (χ1n) is 9.37. The molecule has 5 nitrogen and oxygen atoms in total. The summed E-state index contributed by atoms with van der Waals surface area (Å²) in [5, 5.41) is 0. The van der Waals surface area contributed by atoms with Crippen LogP contribution < -0.4 is 10.5 Å². The monoisotopic (exact) mass is 363 g/mol. The minimum Gasteiger partial charge on any atom is -0.497 e. The summed E-state index contributed by atoms with van der Waals surface area (Å²) in [7, 11) is 1.68. The van der Waals surface area contributed by atoms with E-state index in [0.29, 0.717) is 5.84 Å². The minimum atomic E-state index is -0.646. The van der Waals surface area contributed by atoms with Crippen LogP contribution in [0.5, 0.6) is 5.75 Å². The van der Waals surface area contributed by atoms with E-state index < -0.39 is 5.66 Å². The van der Waals surface area contributed by atoms with Gasteiger partial charge in [0.05, 0.1) is 12.8 Å². The van der Waals surface area contributed by atoms with Gasteiger partial charge in [-0.3, -0.25) is 4.99 Å². The Morgan fingerprint density at radius 2 is 1.74 bits per heavy atom. The summed E-state index contributed by atoms with van der Waals surface area (Å²) in [6, 6.07) is 16.6. The van der Waals surface area contributed by atoms with E-state index in [9.17, 15) is 0 Å². The molecule has 1 atom stereocenters. The molecule has 2 aliphatic rings. The molecule has 27 heavy (non-hydrogen) atoms. The summed E-state index contributed by atoms with van der Waals surface area (Å²) in [6.45, 7) is 3.42. The van der Waals surface area contributed by atoms with Crippen LogP contribution in [0, 0.1) is 5.92 Å². The summed E-state index contributed by atoms with van der Waals surface area (Å²) in [5.41, 5.74) is 9.62. The fourth-order valence-electron chi connectivity index (χ4n) is 3.98. The van der Waals surface area contributed by atoms with Gasteiger partial charge < -0.3 is 15.2 Å². The van der Waals surface area contributed by atoms with Crippen molar-refractivity contribution in [1.29, 1.82) is 0 Å². The van der Waals surface area contributed by atoms with Crippen molar-refractivity contribution in [2.24, 2.45) is 21.6 Å². The first-order valence-corrected chi connectivity index (χ1v) is 9.37. The minimum absolute atomic E-state index is 0.280. The quantitative estimate of drug-likeness (QED) is 0.899. The summed E-state index contributed by atoms with van der Waals surface area (Å²) in [6.07, 6.45) is 1.86. The smallest absolute Gasteiger partial charge is 0.181 e. The molecule has 1 fully saturated rings. The van der Waals surface area contributed by atoms with Gasteiger partial charge in [0.1, 0.15) is 11.6 Å². The van der Waals surface area contributed by atoms with Crippen LogP contribution in [0.1, 0.15) is 25.3 Å². The van der Waals surface area contributed by atoms with Gasteiger partial charge in [-0.2, -0.15) is 0 Å². The number of aliphatic imine (C=N–C) groups is 2. The maximum absolute atomic E-state index is 6.16. The zero-order chi connectivity index (χ0) is 18.9. The Labute approximate surface area is 159 Å². The Balaban J connectivity index is 1.80. The predicted octanol–water partition coefficient (Wildman–Crippen LogP) is 3.77. The summed E-state index contributed by atoms with van der Waals surface area (Å²) >= 11 is 0. The van der Waals surface area contributed by atoms with Gasteiger partial charge in [0.15, 0.2) is 5.66 Å². The van der Waals surface area contributed by atoms with Gasteiger partial charge in [0, 0.05) is 24.7 Å². The lowest BCUT2D eigenvalue weighted by Crippen LogP contribution is -2.35. The van der Waals surface area contributed by atoms with E-state index in [1.165, 1.54) is 0 Å². The van der Waals surface area contributed by atoms with E-state index in [0.717, 1.165) is 54.2 Å². The van der Waals surface area contributed by atoms with Crippen LogP contribution >= 0.6 is 0 Å². The molecule has 0 aromatic heterocycles. The van der Waals surface area contributed by atoms with Crippen LogP contribution in [0.2, 0.25) is 0 Å². The van der Waals surface area contributed by atoms with Gasteiger partial charge in [0.25, 0.3) is 0 Å². The standard InChI is InChI=1S/C22H25N3O2/c1-15-21(23)25-22(24-15,18-9-11-27-12-10-18)19-7-3-5-16(13-19)17-6-4-8-20(14-17)26-2/h3-8,13-14,18H,9-12H2,1-2H3,(H2,23,25). The van der Waals surface area contributed by atoms with E-state index in [1.807, 2.05) is 25.1 Å². The van der Waals surface area contributed by atoms with Crippen molar-refractivity contribution >= 4 is 11.5 Å². The Morgan fingerprint density at radius 3 is 2.41 bits per heavy atom. The van der Waals surface area contributed by atoms with E-state index in [-0.39, 0.29) is 5.92 Å². The van der Waals surface area contributed by atoms with Gasteiger partial charge in [0.2, 0.25) is 0 Å². The molecule has 0 radical (unpaired) electrons. The van der Waals surface area contributed by atoms with E-state index in [1.54, 1.807) is 7.11 Å². The molecule has 2 N–H and O–H groups in total. The lowest BCUT2D eigenvalue weighted by molar-refractivity contribution is 0.0403. The Hall–Kier alpha value is -2.66. The lowest BCUT2D eigenvalue weighted by atomic mass is 9.81. The largest absolute Gasteiger partial charge is 0.497 e. The number of ether oxygens (including phenoxy) is 2. The lowest BCUT2D eigenvalue weighted by Gasteiger charge is -2.35. The number of nitrogens with two attached hydrogens (primary N) is 1. The maximum atomic E-state index is 6.16. The van der Waals surface area contributed by atoms with Gasteiger partial charge in [-0.15, -0.1) is 0 Å². The number of nitrogens with zero attached hydrogens (tertiary/aromatic N) is 2. The van der Waals surface area contributed by atoms with Crippen molar-refractivity contribution in [2.45, 2.75) is 25.4 Å². The molecule has 2 heterocycles. The van der Waals surface area contributed by atoms with Gasteiger partial charge in [-0.1, -0.05) is 30.3 Å². The normalized spacial score (nSPS) is 23.0. The van der Waals surface area contributed by atoms with Crippen molar-refractivity contribution in [3.63, 3.8) is 0 Å². The van der Waals surface area contributed by atoms with Crippen LogP contribution in [0.25, 0.3) is 11.1 Å². The number of hydrogen-bond donors (Lipinski definition) is 1. The molecule has 0 aliphatic carbocycles. The first-order chi connectivity index (χ1) is 13.1. The third kappa shape index (κ3) is 3.23. The molecular formula is C22H25N3O2. The predicted molar refractivity (Wildman–Crippen MR) is 108 cm³/mol. The number of benzene rings is 2. The second-order valence-corrected chi connectivity index (χ2v) is 7.12. The Kier molecular flexibility index (Phi) is 4.70. The average Bonchev–Trinajstić information content (AvgIpc) is 3.04. The molecule has 2 aromatic rings. The molecule has 1 unspecified atom stereocenters. The van der Waals surface area contributed by atoms with Gasteiger partial charge >= 0.3 is 0 Å². The fourth-order valence-corrected chi connectivity index (χ4v) is 3.98. The molecule has 2 aliphatic heterocycles. The molecule has 5 heteroatoms. The van der Waals surface area contributed by atoms with Gasteiger partial charge in [-0.05, 0) is 49.1 Å². The first kappa shape index (κ1) is 17.7. The van der Waals surface area contributed by atoms with E-state index >= 15 is 0 Å². The summed E-state index contributed by atoms with van der Waals surface area (Å²) < 4.78 is 10.9. The molecule has 2 aromatic carbocycles. The third-order valence-corrected chi connectivity index (χ3v) is 5.48. The van der Waals surface area contributed by atoms with Gasteiger partial charge in [-0.25, -0.2) is 4.99 Å². The Morgan fingerprint density at radius 1 is 1.04 bits per heavy atom. The van der Waals surface area contributed by atoms with Crippen LogP contribution in [-0.2, 0) is 10.4 Å². The molecule has 1 saturated heterocycles. The second-order valence-electron chi connectivity index (χ2n) is 7.12. The van der Waals surface area contributed by atoms with Crippen LogP contribution in [0.3, 0.4) is 0 Å². The van der Waals surface area contributed by atoms with Crippen molar-refractivity contribution in [3.05, 3.63) is 54.1 Å². The zero-order valence-corrected chi connectivity index (χ0v) is 15.8. The summed E-state index contributed by atoms with van der Waals surface area (Å²) in [4.78, 5) is 9.85. The molecule has 4 rings (SSSR count). The molecule has 0 saturated carbocycles. The topological polar surface area (TPSA) is 69.2 Å². The fraction of sp³-hybridized carbons (Fsp3) is 0.364. The number of methoxy groups -OCH3 is 1. The highest BCUT2D eigenvalue weighted by Crippen LogP contribution is 2.44.